The topological polar surface area (TPSA) is 146 Å². The van der Waals surface area contributed by atoms with E-state index in [9.17, 15) is 24.0 Å². The first-order valence-corrected chi connectivity index (χ1v) is 16.0. The van der Waals surface area contributed by atoms with E-state index < -0.39 is 68.7 Å². The lowest BCUT2D eigenvalue weighted by atomic mass is 9.85. The van der Waals surface area contributed by atoms with Gasteiger partial charge in [-0.1, -0.05) is 33.4 Å². The van der Waals surface area contributed by atoms with E-state index in [1.807, 2.05) is 20.8 Å². The maximum Gasteiger partial charge on any atom is 0.408 e. The molecule has 4 N–H and O–H groups in total. The minimum absolute atomic E-state index is 0.0714. The van der Waals surface area contributed by atoms with Gasteiger partial charge in [-0.2, -0.15) is 0 Å². The summed E-state index contributed by atoms with van der Waals surface area (Å²) in [5.74, 6) is -2.64. The molecule has 2 aliphatic rings. The van der Waals surface area contributed by atoms with Crippen molar-refractivity contribution in [2.24, 2.45) is 17.3 Å². The summed E-state index contributed by atoms with van der Waals surface area (Å²) < 4.78 is 4.19. The van der Waals surface area contributed by atoms with Crippen molar-refractivity contribution >= 4 is 52.9 Å². The Morgan fingerprint density at radius 2 is 1.62 bits per heavy atom. The summed E-state index contributed by atoms with van der Waals surface area (Å²) in [6.07, 6.45) is 1.75. The smallest absolute Gasteiger partial charge is 0.408 e. The molecule has 5 amide bonds. The summed E-state index contributed by atoms with van der Waals surface area (Å²) in [5, 5.41) is 11.1. The molecular weight excluding hydrogens is 621 g/mol. The largest absolute Gasteiger partial charge is 0.444 e. The van der Waals surface area contributed by atoms with Crippen LogP contribution in [0.15, 0.2) is 24.8 Å². The molecule has 0 spiro atoms. The van der Waals surface area contributed by atoms with Crippen molar-refractivity contribution in [3.8, 4) is 0 Å². The number of carbonyl (C=O) groups excluding carboxylic acids is 5. The van der Waals surface area contributed by atoms with Crippen LogP contribution in [0.4, 0.5) is 4.79 Å². The Labute approximate surface area is 277 Å². The molecule has 11 nitrogen and oxygen atoms in total. The molecule has 5 atom stereocenters. The zero-order valence-corrected chi connectivity index (χ0v) is 29.6. The number of fused-ring (bicyclic) bond motifs is 1. The van der Waals surface area contributed by atoms with Gasteiger partial charge in [-0.25, -0.2) is 4.79 Å². The molecule has 0 radical (unpaired) electrons. The molecule has 4 unspecified atom stereocenters. The van der Waals surface area contributed by atoms with Crippen LogP contribution >= 0.6 is 23.2 Å². The van der Waals surface area contributed by atoms with Crippen LogP contribution < -0.4 is 21.3 Å². The first-order chi connectivity index (χ1) is 20.4. The Hall–Kier alpha value is -2.79. The summed E-state index contributed by atoms with van der Waals surface area (Å²) in [6, 6.07) is -2.87. The zero-order chi connectivity index (χ0) is 34.7. The van der Waals surface area contributed by atoms with E-state index in [4.69, 9.17) is 27.9 Å². The minimum atomic E-state index is -1.20. The average Bonchev–Trinajstić information content (AvgIpc) is 3.19. The Morgan fingerprint density at radius 1 is 1.02 bits per heavy atom. The highest BCUT2D eigenvalue weighted by Crippen LogP contribution is 2.65. The fraction of sp³-hybridized carbons (Fsp3) is 0.719. The van der Waals surface area contributed by atoms with Gasteiger partial charge >= 0.3 is 6.09 Å². The van der Waals surface area contributed by atoms with E-state index in [-0.39, 0.29) is 36.9 Å². The number of alkyl halides is 2. The number of halogens is 2. The Kier molecular flexibility index (Phi) is 12.2. The van der Waals surface area contributed by atoms with Crippen molar-refractivity contribution in [3.63, 3.8) is 0 Å². The fourth-order valence-electron chi connectivity index (χ4n) is 5.29. The number of alkyl carbamates (subject to hydrolysis) is 1. The number of allylic oxidation sites excluding steroid dienone is 1. The van der Waals surface area contributed by atoms with Crippen LogP contribution in [-0.2, 0) is 23.9 Å². The third-order valence-corrected chi connectivity index (χ3v) is 8.56. The molecule has 0 bridgehead atoms. The lowest BCUT2D eigenvalue weighted by molar-refractivity contribution is -0.143. The normalized spacial score (nSPS) is 21.8. The summed E-state index contributed by atoms with van der Waals surface area (Å²) >= 11 is 13.1. The molecule has 2 fully saturated rings. The van der Waals surface area contributed by atoms with E-state index in [2.05, 4.69) is 34.4 Å². The number of rotatable bonds is 12. The molecule has 45 heavy (non-hydrogen) atoms. The molecule has 0 aromatic carbocycles. The number of nitrogens with zero attached hydrogens (tertiary/aromatic N) is 1. The number of piperidine rings is 1. The highest BCUT2D eigenvalue weighted by atomic mass is 35.5. The van der Waals surface area contributed by atoms with Gasteiger partial charge in [-0.15, -0.1) is 29.8 Å². The van der Waals surface area contributed by atoms with Gasteiger partial charge in [0.15, 0.2) is 0 Å². The lowest BCUT2D eigenvalue weighted by Crippen LogP contribution is -2.60. The maximum absolute atomic E-state index is 14.0. The molecule has 254 valence electrons. The van der Waals surface area contributed by atoms with Crippen molar-refractivity contribution in [3.05, 3.63) is 24.8 Å². The van der Waals surface area contributed by atoms with Gasteiger partial charge < -0.3 is 30.9 Å². The molecule has 1 heterocycles. The van der Waals surface area contributed by atoms with Gasteiger partial charge in [-0.3, -0.25) is 19.2 Å². The summed E-state index contributed by atoms with van der Waals surface area (Å²) in [5.41, 5.74) is -1.82. The first kappa shape index (κ1) is 38.4. The highest BCUT2D eigenvalue weighted by Gasteiger charge is 2.74. The van der Waals surface area contributed by atoms with Gasteiger partial charge in [-0.05, 0) is 59.8 Å². The highest BCUT2D eigenvalue weighted by molar-refractivity contribution is 6.51. The molecule has 1 saturated heterocycles. The molecule has 0 aromatic rings. The van der Waals surface area contributed by atoms with E-state index >= 15 is 0 Å². The molecule has 1 aliphatic heterocycles. The van der Waals surface area contributed by atoms with Crippen molar-refractivity contribution in [2.45, 2.75) is 115 Å². The van der Waals surface area contributed by atoms with Crippen LogP contribution in [0, 0.1) is 17.3 Å². The standard InChI is InChI=1S/C32H51Cl2N5O6/c1-12-13-14-20(18(2)25(41)35-16-15-21(40)38-30(6,7)8)36-26(42)23-22-19(32(22,33)34)17-39(23)27(43)24(29(3,4)5)37-28(44)45-31(9,10)11/h12,19-20,22-24H,1-2,13-17H2,3-11H3,(H,35,41)(H,36,42)(H,37,44)(H,38,40)/t19?,20?,22?,23-,24?/m0/s1. The fourth-order valence-corrected chi connectivity index (χ4v) is 6.12. The van der Waals surface area contributed by atoms with Crippen molar-refractivity contribution in [1.82, 2.24) is 26.2 Å². The van der Waals surface area contributed by atoms with Crippen LogP contribution in [0.25, 0.3) is 0 Å². The molecule has 1 aliphatic carbocycles. The summed E-state index contributed by atoms with van der Waals surface area (Å²) in [7, 11) is 0. The van der Waals surface area contributed by atoms with Crippen LogP contribution in [0.3, 0.4) is 0 Å². The van der Waals surface area contributed by atoms with E-state index in [0.717, 1.165) is 0 Å². The second-order valence-electron chi connectivity index (χ2n) is 14.9. The van der Waals surface area contributed by atoms with E-state index in [1.165, 1.54) is 4.90 Å². The zero-order valence-electron chi connectivity index (χ0n) is 28.1. The van der Waals surface area contributed by atoms with Crippen molar-refractivity contribution in [1.29, 1.82) is 0 Å². The maximum atomic E-state index is 14.0. The molecular formula is C32H51Cl2N5O6. The van der Waals surface area contributed by atoms with E-state index in [1.54, 1.807) is 47.6 Å². The summed E-state index contributed by atoms with van der Waals surface area (Å²) in [6.45, 7) is 24.0. The third-order valence-electron chi connectivity index (χ3n) is 7.50. The first-order valence-electron chi connectivity index (χ1n) is 15.3. The Balaban J connectivity index is 2.23. The SMILES string of the molecule is C=CCCC(NC(=O)[C@@H]1C2C(CN1C(=O)C(NC(=O)OC(C)(C)C)C(C)(C)C)C2(Cl)Cl)C(=C)C(=O)NCCC(=O)NC(C)(C)C. The van der Waals surface area contributed by atoms with Crippen LogP contribution in [0.1, 0.15) is 81.6 Å². The molecule has 2 rings (SSSR count). The Morgan fingerprint density at radius 3 is 2.13 bits per heavy atom. The number of hydrogen-bond acceptors (Lipinski definition) is 6. The molecule has 0 aromatic heterocycles. The number of likely N-dealkylation sites (tertiary alicyclic amines) is 1. The van der Waals surface area contributed by atoms with Gasteiger partial charge in [0, 0.05) is 42.5 Å². The summed E-state index contributed by atoms with van der Waals surface area (Å²) in [4.78, 5) is 67.1. The average molecular weight is 673 g/mol. The molecule has 1 saturated carbocycles. The lowest BCUT2D eigenvalue weighted by Gasteiger charge is -2.37. The van der Waals surface area contributed by atoms with Gasteiger partial charge in [0.1, 0.15) is 22.0 Å². The predicted molar refractivity (Wildman–Crippen MR) is 176 cm³/mol. The predicted octanol–water partition coefficient (Wildman–Crippen LogP) is 3.98. The van der Waals surface area contributed by atoms with E-state index in [0.29, 0.717) is 12.8 Å². The van der Waals surface area contributed by atoms with Crippen molar-refractivity contribution < 1.29 is 28.7 Å². The number of carbonyl (C=O) groups is 5. The van der Waals surface area contributed by atoms with Gasteiger partial charge in [0.2, 0.25) is 23.6 Å². The van der Waals surface area contributed by atoms with Crippen LogP contribution in [-0.4, -0.2) is 81.3 Å². The third kappa shape index (κ3) is 10.6. The van der Waals surface area contributed by atoms with Crippen LogP contribution in [0.2, 0.25) is 0 Å². The monoisotopic (exact) mass is 671 g/mol. The number of nitrogens with one attached hydrogen (secondary N) is 4. The van der Waals surface area contributed by atoms with Gasteiger partial charge in [0.05, 0.1) is 6.04 Å². The van der Waals surface area contributed by atoms with Crippen LogP contribution in [0.5, 0.6) is 0 Å². The number of hydrogen-bond donors (Lipinski definition) is 4. The second kappa shape index (κ2) is 14.3. The number of ether oxygens (including phenoxy) is 1. The Bertz CT molecular complexity index is 1180. The number of amides is 5. The second-order valence-corrected chi connectivity index (χ2v) is 16.4. The van der Waals surface area contributed by atoms with Crippen molar-refractivity contribution in [2.75, 3.05) is 13.1 Å². The minimum Gasteiger partial charge on any atom is -0.444 e. The van der Waals surface area contributed by atoms with Gasteiger partial charge in [0.25, 0.3) is 0 Å². The molecule has 13 heteroatoms. The quantitative estimate of drug-likeness (QED) is 0.140.